The number of aromatic nitrogens is 2. The summed E-state index contributed by atoms with van der Waals surface area (Å²) in [7, 11) is 1.52. The number of hydrogen-bond acceptors (Lipinski definition) is 4. The molecule has 1 aromatic carbocycles. The average molecular weight is 341 g/mol. The van der Waals surface area contributed by atoms with Crippen molar-refractivity contribution in [3.05, 3.63) is 64.1 Å². The molecule has 25 heavy (non-hydrogen) atoms. The van der Waals surface area contributed by atoms with Crippen molar-refractivity contribution in [1.82, 2.24) is 14.7 Å². The van der Waals surface area contributed by atoms with Crippen LogP contribution in [0.3, 0.4) is 0 Å². The smallest absolute Gasteiger partial charge is 0.274 e. The van der Waals surface area contributed by atoms with Crippen molar-refractivity contribution in [3.63, 3.8) is 0 Å². The molecule has 0 radical (unpaired) electrons. The average Bonchev–Trinajstić information content (AvgIpc) is 3.03. The highest BCUT2D eigenvalue weighted by Gasteiger charge is 2.35. The van der Waals surface area contributed by atoms with Gasteiger partial charge in [-0.2, -0.15) is 5.10 Å². The van der Waals surface area contributed by atoms with Crippen molar-refractivity contribution in [3.8, 4) is 0 Å². The Bertz CT molecular complexity index is 795. The third kappa shape index (κ3) is 4.14. The minimum atomic E-state index is -0.842. The fraction of sp³-hybridized carbons (Fsp3) is 0.421. The number of benzene rings is 1. The Hall–Kier alpha value is -2.47. The highest BCUT2D eigenvalue weighted by Crippen LogP contribution is 2.31. The van der Waals surface area contributed by atoms with Crippen LogP contribution in [-0.2, 0) is 13.6 Å². The van der Waals surface area contributed by atoms with Crippen molar-refractivity contribution in [2.24, 2.45) is 7.05 Å². The van der Waals surface area contributed by atoms with Gasteiger partial charge in [0.2, 0.25) is 0 Å². The van der Waals surface area contributed by atoms with Crippen molar-refractivity contribution >= 4 is 5.91 Å². The van der Waals surface area contributed by atoms with E-state index in [4.69, 9.17) is 0 Å². The van der Waals surface area contributed by atoms with Crippen LogP contribution in [0.5, 0.6) is 0 Å². The van der Waals surface area contributed by atoms with Gasteiger partial charge >= 0.3 is 0 Å². The molecular formula is C19H23N3O3. The molecule has 0 unspecified atom stereocenters. The van der Waals surface area contributed by atoms with Gasteiger partial charge in [0.25, 0.3) is 11.5 Å². The molecule has 3 rings (SSSR count). The molecule has 132 valence electrons. The van der Waals surface area contributed by atoms with Gasteiger partial charge in [-0.15, -0.1) is 0 Å². The first kappa shape index (κ1) is 17.4. The highest BCUT2D eigenvalue weighted by atomic mass is 16.3. The lowest BCUT2D eigenvalue weighted by Crippen LogP contribution is -2.44. The van der Waals surface area contributed by atoms with Crippen LogP contribution in [0.25, 0.3) is 0 Å². The summed E-state index contributed by atoms with van der Waals surface area (Å²) in [5.41, 5.74) is 0.0907. The molecule has 1 amide bonds. The summed E-state index contributed by atoms with van der Waals surface area (Å²) in [6.45, 7) is 0.664. The van der Waals surface area contributed by atoms with Gasteiger partial charge in [-0.1, -0.05) is 43.2 Å². The van der Waals surface area contributed by atoms with Crippen molar-refractivity contribution in [2.45, 2.75) is 37.8 Å². The molecule has 1 fully saturated rings. The first-order valence-corrected chi connectivity index (χ1v) is 8.57. The normalized spacial score (nSPS) is 15.9. The molecule has 1 N–H and O–H groups in total. The topological polar surface area (TPSA) is 75.4 Å². The number of carbonyl (C=O) groups is 1. The number of rotatable bonds is 5. The van der Waals surface area contributed by atoms with Crippen LogP contribution in [0.2, 0.25) is 0 Å². The Morgan fingerprint density at radius 1 is 1.20 bits per heavy atom. The van der Waals surface area contributed by atoms with Gasteiger partial charge in [-0.3, -0.25) is 9.59 Å². The van der Waals surface area contributed by atoms with Gasteiger partial charge in [0.05, 0.1) is 12.1 Å². The molecule has 2 aromatic rings. The molecular weight excluding hydrogens is 318 g/mol. The molecule has 6 nitrogen and oxygen atoms in total. The van der Waals surface area contributed by atoms with Crippen LogP contribution < -0.4 is 5.56 Å². The molecule has 1 saturated carbocycles. The molecule has 1 heterocycles. The number of hydrogen-bond donors (Lipinski definition) is 1. The van der Waals surface area contributed by atoms with E-state index in [0.717, 1.165) is 23.1 Å². The van der Waals surface area contributed by atoms with Crippen LogP contribution >= 0.6 is 0 Å². The highest BCUT2D eigenvalue weighted by molar-refractivity contribution is 5.92. The Kier molecular flexibility index (Phi) is 4.99. The molecule has 0 aliphatic heterocycles. The minimum Gasteiger partial charge on any atom is -0.388 e. The summed E-state index contributed by atoms with van der Waals surface area (Å²) >= 11 is 0. The maximum absolute atomic E-state index is 13.0. The fourth-order valence-corrected chi connectivity index (χ4v) is 3.33. The Morgan fingerprint density at radius 3 is 2.52 bits per heavy atom. The zero-order valence-electron chi connectivity index (χ0n) is 14.4. The van der Waals surface area contributed by atoms with Crippen LogP contribution in [0.15, 0.2) is 47.3 Å². The van der Waals surface area contributed by atoms with Crippen LogP contribution in [0.1, 0.15) is 41.7 Å². The van der Waals surface area contributed by atoms with Gasteiger partial charge in [-0.25, -0.2) is 4.68 Å². The second-order valence-corrected chi connectivity index (χ2v) is 6.76. The number of aryl methyl sites for hydroxylation is 1. The zero-order valence-corrected chi connectivity index (χ0v) is 14.4. The van der Waals surface area contributed by atoms with E-state index in [-0.39, 0.29) is 23.7 Å². The largest absolute Gasteiger partial charge is 0.388 e. The SMILES string of the molecule is Cn1nc(C(=O)N(Cc2ccccc2)CC2(O)CCCC2)ccc1=O. The second kappa shape index (κ2) is 7.19. The Balaban J connectivity index is 1.87. The maximum atomic E-state index is 13.0. The molecule has 1 aliphatic carbocycles. The van der Waals surface area contributed by atoms with E-state index in [1.54, 1.807) is 4.90 Å². The first-order chi connectivity index (χ1) is 12.0. The summed E-state index contributed by atoms with van der Waals surface area (Å²) in [6.07, 6.45) is 3.35. The number of aliphatic hydroxyl groups is 1. The van der Waals surface area contributed by atoms with Crippen LogP contribution in [-0.4, -0.2) is 37.8 Å². The zero-order chi connectivity index (χ0) is 17.9. The standard InChI is InChI=1S/C19H23N3O3/c1-21-17(23)10-9-16(20-21)18(24)22(13-15-7-3-2-4-8-15)14-19(25)11-5-6-12-19/h2-4,7-10,25H,5-6,11-14H2,1H3. The third-order valence-electron chi connectivity index (χ3n) is 4.70. The van der Waals surface area contributed by atoms with E-state index in [1.165, 1.54) is 19.2 Å². The number of nitrogens with zero attached hydrogens (tertiary/aromatic N) is 3. The molecule has 0 bridgehead atoms. The van der Waals surface area contributed by atoms with Gasteiger partial charge < -0.3 is 10.0 Å². The van der Waals surface area contributed by atoms with E-state index >= 15 is 0 Å². The minimum absolute atomic E-state index is 0.208. The summed E-state index contributed by atoms with van der Waals surface area (Å²) in [4.78, 5) is 26.1. The quantitative estimate of drug-likeness (QED) is 0.899. The summed E-state index contributed by atoms with van der Waals surface area (Å²) in [5.74, 6) is -0.278. The lowest BCUT2D eigenvalue weighted by atomic mass is 10.0. The van der Waals surface area contributed by atoms with Gasteiger partial charge in [-0.05, 0) is 24.5 Å². The summed E-state index contributed by atoms with van der Waals surface area (Å²) in [5, 5.41) is 14.8. The number of amides is 1. The molecule has 1 aliphatic rings. The van der Waals surface area contributed by atoms with Crippen molar-refractivity contribution < 1.29 is 9.90 Å². The van der Waals surface area contributed by atoms with E-state index in [9.17, 15) is 14.7 Å². The molecule has 1 aromatic heterocycles. The third-order valence-corrected chi connectivity index (χ3v) is 4.70. The van der Waals surface area contributed by atoms with E-state index in [1.807, 2.05) is 30.3 Å². The lowest BCUT2D eigenvalue weighted by Gasteiger charge is -2.31. The van der Waals surface area contributed by atoms with Crippen LogP contribution in [0, 0.1) is 0 Å². The summed E-state index contributed by atoms with van der Waals surface area (Å²) < 4.78 is 1.15. The Morgan fingerprint density at radius 2 is 1.88 bits per heavy atom. The molecule has 6 heteroatoms. The predicted octanol–water partition coefficient (Wildman–Crippen LogP) is 1.73. The second-order valence-electron chi connectivity index (χ2n) is 6.76. The van der Waals surface area contributed by atoms with E-state index < -0.39 is 5.60 Å². The fourth-order valence-electron chi connectivity index (χ4n) is 3.33. The van der Waals surface area contributed by atoms with Crippen molar-refractivity contribution in [2.75, 3.05) is 6.54 Å². The molecule has 0 atom stereocenters. The van der Waals surface area contributed by atoms with Gasteiger partial charge in [0.1, 0.15) is 5.69 Å². The van der Waals surface area contributed by atoms with Gasteiger partial charge in [0.15, 0.2) is 0 Å². The van der Waals surface area contributed by atoms with Crippen LogP contribution in [0.4, 0.5) is 0 Å². The van der Waals surface area contributed by atoms with E-state index in [2.05, 4.69) is 5.10 Å². The van der Waals surface area contributed by atoms with E-state index in [0.29, 0.717) is 19.4 Å². The first-order valence-electron chi connectivity index (χ1n) is 8.57. The monoisotopic (exact) mass is 341 g/mol. The lowest BCUT2D eigenvalue weighted by molar-refractivity contribution is 0.00756. The number of carbonyl (C=O) groups excluding carboxylic acids is 1. The Labute approximate surface area is 146 Å². The van der Waals surface area contributed by atoms with Crippen molar-refractivity contribution in [1.29, 1.82) is 0 Å². The maximum Gasteiger partial charge on any atom is 0.274 e. The molecule has 0 spiro atoms. The molecule has 0 saturated heterocycles. The summed E-state index contributed by atoms with van der Waals surface area (Å²) in [6, 6.07) is 12.5. The van der Waals surface area contributed by atoms with Gasteiger partial charge in [0, 0.05) is 19.7 Å². The predicted molar refractivity (Wildman–Crippen MR) is 94.1 cm³/mol.